The zero-order chi connectivity index (χ0) is 15.1. The van der Waals surface area contributed by atoms with Crippen LogP contribution in [-0.2, 0) is 6.54 Å². The van der Waals surface area contributed by atoms with Gasteiger partial charge in [-0.1, -0.05) is 30.3 Å². The topological polar surface area (TPSA) is 50.4 Å². The molecule has 0 saturated heterocycles. The number of hydrogen-bond donors (Lipinski definition) is 2. The number of urea groups is 1. The molecule has 0 aromatic heterocycles. The molecule has 0 unspecified atom stereocenters. The first-order valence-electron chi connectivity index (χ1n) is 7.01. The van der Waals surface area contributed by atoms with Gasteiger partial charge in [-0.3, -0.25) is 0 Å². The number of hydrogen-bond acceptors (Lipinski definition) is 2. The maximum atomic E-state index is 11.9. The highest BCUT2D eigenvalue weighted by Crippen LogP contribution is 2.21. The van der Waals surface area contributed by atoms with Gasteiger partial charge in [-0.05, 0) is 43.2 Å². The molecule has 0 bridgehead atoms. The highest BCUT2D eigenvalue weighted by Gasteiger charge is 2.05. The Morgan fingerprint density at radius 1 is 1.14 bits per heavy atom. The SMILES string of the molecule is CCOc1ccc(NC(=O)NCc2ccccc2)c(C)c1. The van der Waals surface area contributed by atoms with Crippen LogP contribution in [0.4, 0.5) is 10.5 Å². The van der Waals surface area contributed by atoms with E-state index in [9.17, 15) is 4.79 Å². The molecule has 0 fully saturated rings. The largest absolute Gasteiger partial charge is 0.494 e. The van der Waals surface area contributed by atoms with Crippen molar-refractivity contribution in [2.45, 2.75) is 20.4 Å². The predicted molar refractivity (Wildman–Crippen MR) is 84.6 cm³/mol. The minimum atomic E-state index is -0.217. The van der Waals surface area contributed by atoms with Crippen LogP contribution in [0.25, 0.3) is 0 Å². The molecule has 2 aromatic carbocycles. The zero-order valence-electron chi connectivity index (χ0n) is 12.3. The van der Waals surface area contributed by atoms with Crippen LogP contribution < -0.4 is 15.4 Å². The maximum absolute atomic E-state index is 11.9. The first-order valence-corrected chi connectivity index (χ1v) is 7.01. The van der Waals surface area contributed by atoms with Crippen LogP contribution in [0.1, 0.15) is 18.1 Å². The van der Waals surface area contributed by atoms with E-state index < -0.39 is 0 Å². The molecular weight excluding hydrogens is 264 g/mol. The summed E-state index contributed by atoms with van der Waals surface area (Å²) >= 11 is 0. The lowest BCUT2D eigenvalue weighted by molar-refractivity contribution is 0.251. The van der Waals surface area contributed by atoms with Gasteiger partial charge in [0.15, 0.2) is 0 Å². The molecule has 4 nitrogen and oxygen atoms in total. The van der Waals surface area contributed by atoms with Crippen LogP contribution in [0.15, 0.2) is 48.5 Å². The van der Waals surface area contributed by atoms with Gasteiger partial charge in [0.2, 0.25) is 0 Å². The van der Waals surface area contributed by atoms with Crippen molar-refractivity contribution < 1.29 is 9.53 Å². The molecule has 0 spiro atoms. The lowest BCUT2D eigenvalue weighted by Gasteiger charge is -2.11. The Morgan fingerprint density at radius 3 is 2.57 bits per heavy atom. The molecule has 0 atom stereocenters. The van der Waals surface area contributed by atoms with Crippen LogP contribution in [0, 0.1) is 6.92 Å². The normalized spacial score (nSPS) is 10.0. The molecule has 110 valence electrons. The molecule has 0 heterocycles. The molecule has 0 aliphatic rings. The Hall–Kier alpha value is -2.49. The number of anilines is 1. The molecule has 2 N–H and O–H groups in total. The molecule has 2 rings (SSSR count). The van der Waals surface area contributed by atoms with E-state index in [-0.39, 0.29) is 6.03 Å². The predicted octanol–water partition coefficient (Wildman–Crippen LogP) is 3.72. The van der Waals surface area contributed by atoms with E-state index in [0.29, 0.717) is 13.2 Å². The van der Waals surface area contributed by atoms with E-state index in [4.69, 9.17) is 4.74 Å². The summed E-state index contributed by atoms with van der Waals surface area (Å²) in [7, 11) is 0. The first kappa shape index (κ1) is 14.9. The van der Waals surface area contributed by atoms with Gasteiger partial charge in [0, 0.05) is 12.2 Å². The van der Waals surface area contributed by atoms with Gasteiger partial charge in [-0.25, -0.2) is 4.79 Å². The smallest absolute Gasteiger partial charge is 0.319 e. The number of amides is 2. The van der Waals surface area contributed by atoms with Gasteiger partial charge < -0.3 is 15.4 Å². The van der Waals surface area contributed by atoms with Gasteiger partial charge in [0.1, 0.15) is 5.75 Å². The van der Waals surface area contributed by atoms with Crippen molar-refractivity contribution in [2.75, 3.05) is 11.9 Å². The summed E-state index contributed by atoms with van der Waals surface area (Å²) in [4.78, 5) is 11.9. The summed E-state index contributed by atoms with van der Waals surface area (Å²) in [6, 6.07) is 15.2. The third-order valence-electron chi connectivity index (χ3n) is 3.05. The Balaban J connectivity index is 1.90. The quantitative estimate of drug-likeness (QED) is 0.879. The van der Waals surface area contributed by atoms with Gasteiger partial charge in [0.05, 0.1) is 6.61 Å². The average Bonchev–Trinajstić information content (AvgIpc) is 2.49. The van der Waals surface area contributed by atoms with E-state index >= 15 is 0 Å². The molecule has 0 radical (unpaired) electrons. The number of ether oxygens (including phenoxy) is 1. The van der Waals surface area contributed by atoms with Crippen molar-refractivity contribution in [1.82, 2.24) is 5.32 Å². The van der Waals surface area contributed by atoms with Crippen molar-refractivity contribution in [3.8, 4) is 5.75 Å². The van der Waals surface area contributed by atoms with E-state index in [1.165, 1.54) is 0 Å². The maximum Gasteiger partial charge on any atom is 0.319 e. The highest BCUT2D eigenvalue weighted by atomic mass is 16.5. The Bertz CT molecular complexity index is 597. The van der Waals surface area contributed by atoms with Gasteiger partial charge in [-0.2, -0.15) is 0 Å². The van der Waals surface area contributed by atoms with E-state index in [2.05, 4.69) is 10.6 Å². The van der Waals surface area contributed by atoms with Crippen molar-refractivity contribution in [1.29, 1.82) is 0 Å². The lowest BCUT2D eigenvalue weighted by atomic mass is 10.2. The third kappa shape index (κ3) is 4.53. The molecule has 2 amide bonds. The van der Waals surface area contributed by atoms with Crippen LogP contribution in [0.3, 0.4) is 0 Å². The van der Waals surface area contributed by atoms with Gasteiger partial charge in [0.25, 0.3) is 0 Å². The molecular formula is C17H20N2O2. The minimum absolute atomic E-state index is 0.217. The van der Waals surface area contributed by atoms with Gasteiger partial charge >= 0.3 is 6.03 Å². The third-order valence-corrected chi connectivity index (χ3v) is 3.05. The lowest BCUT2D eigenvalue weighted by Crippen LogP contribution is -2.28. The Kier molecular flexibility index (Phi) is 5.21. The standard InChI is InChI=1S/C17H20N2O2/c1-3-21-15-9-10-16(13(2)11-15)19-17(20)18-12-14-7-5-4-6-8-14/h4-11H,3,12H2,1-2H3,(H2,18,19,20). The second-order valence-corrected chi connectivity index (χ2v) is 4.70. The average molecular weight is 284 g/mol. The fourth-order valence-electron chi connectivity index (χ4n) is 1.98. The number of aryl methyl sites for hydroxylation is 1. The molecule has 0 saturated carbocycles. The molecule has 21 heavy (non-hydrogen) atoms. The number of nitrogens with one attached hydrogen (secondary N) is 2. The van der Waals surface area contributed by atoms with Crippen molar-refractivity contribution in [3.63, 3.8) is 0 Å². The van der Waals surface area contributed by atoms with Crippen LogP contribution in [-0.4, -0.2) is 12.6 Å². The Labute approximate surface area is 125 Å². The summed E-state index contributed by atoms with van der Waals surface area (Å²) in [5.41, 5.74) is 2.82. The number of carbonyl (C=O) groups is 1. The molecule has 0 aliphatic heterocycles. The highest BCUT2D eigenvalue weighted by molar-refractivity contribution is 5.90. The van der Waals surface area contributed by atoms with Crippen molar-refractivity contribution in [3.05, 3.63) is 59.7 Å². The fourth-order valence-corrected chi connectivity index (χ4v) is 1.98. The second-order valence-electron chi connectivity index (χ2n) is 4.70. The molecule has 2 aromatic rings. The molecule has 0 aliphatic carbocycles. The summed E-state index contributed by atoms with van der Waals surface area (Å²) < 4.78 is 5.42. The summed E-state index contributed by atoms with van der Waals surface area (Å²) in [5.74, 6) is 0.810. The van der Waals surface area contributed by atoms with E-state index in [0.717, 1.165) is 22.6 Å². The van der Waals surface area contributed by atoms with Gasteiger partial charge in [-0.15, -0.1) is 0 Å². The number of rotatable bonds is 5. The van der Waals surface area contributed by atoms with Crippen LogP contribution in [0.2, 0.25) is 0 Å². The second kappa shape index (κ2) is 7.33. The summed E-state index contributed by atoms with van der Waals surface area (Å²) in [6.45, 7) is 5.01. The zero-order valence-corrected chi connectivity index (χ0v) is 12.3. The van der Waals surface area contributed by atoms with Crippen molar-refractivity contribution >= 4 is 11.7 Å². The number of carbonyl (C=O) groups excluding carboxylic acids is 1. The van der Waals surface area contributed by atoms with E-state index in [1.807, 2.05) is 62.4 Å². The molecule has 4 heteroatoms. The van der Waals surface area contributed by atoms with E-state index in [1.54, 1.807) is 0 Å². The fraction of sp³-hybridized carbons (Fsp3) is 0.235. The Morgan fingerprint density at radius 2 is 1.90 bits per heavy atom. The monoisotopic (exact) mass is 284 g/mol. The number of benzene rings is 2. The minimum Gasteiger partial charge on any atom is -0.494 e. The van der Waals surface area contributed by atoms with Crippen molar-refractivity contribution in [2.24, 2.45) is 0 Å². The van der Waals surface area contributed by atoms with Crippen LogP contribution >= 0.6 is 0 Å². The van der Waals surface area contributed by atoms with Crippen LogP contribution in [0.5, 0.6) is 5.75 Å². The summed E-state index contributed by atoms with van der Waals surface area (Å²) in [6.07, 6.45) is 0. The summed E-state index contributed by atoms with van der Waals surface area (Å²) in [5, 5.41) is 5.68. The first-order chi connectivity index (χ1) is 10.2.